The molecule has 11 heteroatoms. The molecule has 160 valence electrons. The van der Waals surface area contributed by atoms with Gasteiger partial charge >= 0.3 is 12.1 Å². The number of benzene rings is 1. The monoisotopic (exact) mass is 443 g/mol. The van der Waals surface area contributed by atoms with Crippen molar-refractivity contribution in [1.82, 2.24) is 10.3 Å². The van der Waals surface area contributed by atoms with Crippen LogP contribution in [0.2, 0.25) is 0 Å². The van der Waals surface area contributed by atoms with Crippen LogP contribution in [0.25, 0.3) is 0 Å². The molecule has 0 bridgehead atoms. The van der Waals surface area contributed by atoms with E-state index < -0.39 is 36.2 Å². The van der Waals surface area contributed by atoms with Gasteiger partial charge in [-0.1, -0.05) is 12.0 Å². The Labute approximate surface area is 175 Å². The maximum atomic E-state index is 13.0. The average Bonchev–Trinajstić information content (AvgIpc) is 2.66. The molecule has 1 heterocycles. The van der Waals surface area contributed by atoms with Crippen LogP contribution >= 0.6 is 12.4 Å². The lowest BCUT2D eigenvalue weighted by molar-refractivity contribution is -0.141. The molecular weight excluding hydrogens is 427 g/mol. The van der Waals surface area contributed by atoms with Gasteiger partial charge in [0.05, 0.1) is 6.42 Å². The number of hydrogen-bond donors (Lipinski definition) is 3. The molecule has 4 N–H and O–H groups in total. The first-order valence-electron chi connectivity index (χ1n) is 8.17. The molecule has 0 saturated heterocycles. The molecule has 2 rings (SSSR count). The van der Waals surface area contributed by atoms with Crippen LogP contribution in [-0.2, 0) is 17.5 Å². The Balaban J connectivity index is 0.00000450. The molecule has 0 aliphatic rings. The molecular formula is C19H17ClF3N3O4. The standard InChI is InChI=1S/C19H16F3N3O4.ClH/c1-2-13(9-17(26)27)24-18(28)12-4-3-5-14(8-12)29-16-7-11(10-23)6-15(25-16)19(20,21)22;/h1,3-8,13H,9-10,23H2,(H,24,28)(H,26,27);1H. The fourth-order valence-electron chi connectivity index (χ4n) is 2.26. The van der Waals surface area contributed by atoms with Crippen molar-refractivity contribution in [3.8, 4) is 24.0 Å². The predicted molar refractivity (Wildman–Crippen MR) is 103 cm³/mol. The summed E-state index contributed by atoms with van der Waals surface area (Å²) in [7, 11) is 0. The van der Waals surface area contributed by atoms with Crippen molar-refractivity contribution < 1.29 is 32.6 Å². The number of aliphatic carboxylic acids is 1. The van der Waals surface area contributed by atoms with Crippen LogP contribution in [0.1, 0.15) is 28.0 Å². The van der Waals surface area contributed by atoms with E-state index in [0.29, 0.717) is 0 Å². The fraction of sp³-hybridized carbons (Fsp3) is 0.211. The number of carboxylic acid groups (broad SMARTS) is 1. The van der Waals surface area contributed by atoms with E-state index in [9.17, 15) is 22.8 Å². The van der Waals surface area contributed by atoms with Crippen molar-refractivity contribution >= 4 is 24.3 Å². The number of halogens is 4. The third kappa shape index (κ3) is 6.95. The largest absolute Gasteiger partial charge is 0.481 e. The fourth-order valence-corrected chi connectivity index (χ4v) is 2.26. The van der Waals surface area contributed by atoms with Crippen LogP contribution in [0.15, 0.2) is 36.4 Å². The molecule has 2 aromatic rings. The lowest BCUT2D eigenvalue weighted by atomic mass is 10.1. The minimum Gasteiger partial charge on any atom is -0.481 e. The number of terminal acetylenes is 1. The summed E-state index contributed by atoms with van der Waals surface area (Å²) >= 11 is 0. The molecule has 1 unspecified atom stereocenters. The van der Waals surface area contributed by atoms with Crippen LogP contribution in [-0.4, -0.2) is 28.0 Å². The Morgan fingerprint density at radius 3 is 2.57 bits per heavy atom. The first kappa shape index (κ1) is 24.7. The maximum Gasteiger partial charge on any atom is 0.433 e. The smallest absolute Gasteiger partial charge is 0.433 e. The van der Waals surface area contributed by atoms with E-state index in [-0.39, 0.29) is 41.7 Å². The molecule has 0 saturated carbocycles. The van der Waals surface area contributed by atoms with Crippen molar-refractivity contribution in [2.24, 2.45) is 5.73 Å². The number of nitrogens with two attached hydrogens (primary N) is 1. The molecule has 0 spiro atoms. The Morgan fingerprint density at radius 2 is 2.00 bits per heavy atom. The minimum atomic E-state index is -4.68. The van der Waals surface area contributed by atoms with Gasteiger partial charge in [0.25, 0.3) is 5.91 Å². The SMILES string of the molecule is C#CC(CC(=O)O)NC(=O)c1cccc(Oc2cc(CN)cc(C(F)(F)F)n2)c1.Cl. The van der Waals surface area contributed by atoms with Crippen LogP contribution < -0.4 is 15.8 Å². The summed E-state index contributed by atoms with van der Waals surface area (Å²) in [5.41, 5.74) is 4.50. The number of carboxylic acids is 1. The second-order valence-electron chi connectivity index (χ2n) is 5.82. The zero-order chi connectivity index (χ0) is 21.6. The summed E-state index contributed by atoms with van der Waals surface area (Å²) in [6.45, 7) is -0.151. The Hall–Kier alpha value is -3.29. The highest BCUT2D eigenvalue weighted by molar-refractivity contribution is 5.95. The van der Waals surface area contributed by atoms with E-state index in [4.69, 9.17) is 22.0 Å². The summed E-state index contributed by atoms with van der Waals surface area (Å²) in [6.07, 6.45) is 0.0480. The number of pyridine rings is 1. The molecule has 0 aliphatic carbocycles. The van der Waals surface area contributed by atoms with Crippen LogP contribution in [0, 0.1) is 12.3 Å². The van der Waals surface area contributed by atoms with Crippen molar-refractivity contribution in [1.29, 1.82) is 0 Å². The lowest BCUT2D eigenvalue weighted by Gasteiger charge is -2.13. The second kappa shape index (κ2) is 10.5. The van der Waals surface area contributed by atoms with Gasteiger partial charge in [-0.2, -0.15) is 13.2 Å². The molecule has 0 fully saturated rings. The van der Waals surface area contributed by atoms with E-state index in [2.05, 4.69) is 16.2 Å². The lowest BCUT2D eigenvalue weighted by Crippen LogP contribution is -2.35. The molecule has 30 heavy (non-hydrogen) atoms. The number of amides is 1. The van der Waals surface area contributed by atoms with Gasteiger partial charge in [-0.15, -0.1) is 18.8 Å². The van der Waals surface area contributed by atoms with Crippen LogP contribution in [0.3, 0.4) is 0 Å². The van der Waals surface area contributed by atoms with Crippen molar-refractivity contribution in [3.63, 3.8) is 0 Å². The summed E-state index contributed by atoms with van der Waals surface area (Å²) in [5.74, 6) is 0.000133. The summed E-state index contributed by atoms with van der Waals surface area (Å²) in [6, 6.07) is 6.56. The third-order valence-corrected chi connectivity index (χ3v) is 3.59. The third-order valence-electron chi connectivity index (χ3n) is 3.59. The van der Waals surface area contributed by atoms with Gasteiger partial charge in [0.2, 0.25) is 5.88 Å². The van der Waals surface area contributed by atoms with Gasteiger partial charge in [-0.05, 0) is 29.8 Å². The first-order valence-corrected chi connectivity index (χ1v) is 8.17. The molecule has 1 aromatic heterocycles. The number of alkyl halides is 3. The van der Waals surface area contributed by atoms with E-state index in [1.165, 1.54) is 30.3 Å². The number of ether oxygens (including phenoxy) is 1. The topological polar surface area (TPSA) is 115 Å². The maximum absolute atomic E-state index is 13.0. The highest BCUT2D eigenvalue weighted by Gasteiger charge is 2.33. The van der Waals surface area contributed by atoms with E-state index in [1.54, 1.807) is 0 Å². The zero-order valence-electron chi connectivity index (χ0n) is 15.3. The molecule has 1 atom stereocenters. The number of rotatable bonds is 7. The van der Waals surface area contributed by atoms with Crippen molar-refractivity contribution in [3.05, 3.63) is 53.2 Å². The van der Waals surface area contributed by atoms with Crippen molar-refractivity contribution in [2.75, 3.05) is 0 Å². The van der Waals surface area contributed by atoms with Gasteiger partial charge in [0.1, 0.15) is 17.5 Å². The van der Waals surface area contributed by atoms with Gasteiger partial charge in [0, 0.05) is 18.2 Å². The predicted octanol–water partition coefficient (Wildman–Crippen LogP) is 2.98. The van der Waals surface area contributed by atoms with Crippen LogP contribution in [0.4, 0.5) is 13.2 Å². The normalized spacial score (nSPS) is 11.6. The Morgan fingerprint density at radius 1 is 1.30 bits per heavy atom. The highest BCUT2D eigenvalue weighted by Crippen LogP contribution is 2.31. The molecule has 1 aromatic carbocycles. The van der Waals surface area contributed by atoms with E-state index in [1.807, 2.05) is 0 Å². The number of nitrogens with one attached hydrogen (secondary N) is 1. The van der Waals surface area contributed by atoms with Gasteiger partial charge in [-0.25, -0.2) is 4.98 Å². The number of carbonyl (C=O) groups excluding carboxylic acids is 1. The molecule has 7 nitrogen and oxygen atoms in total. The van der Waals surface area contributed by atoms with Gasteiger partial charge in [0.15, 0.2) is 0 Å². The van der Waals surface area contributed by atoms with Gasteiger partial charge in [-0.3, -0.25) is 9.59 Å². The number of nitrogens with zero attached hydrogens (tertiary/aromatic N) is 1. The Bertz CT molecular complexity index is 961. The van der Waals surface area contributed by atoms with Gasteiger partial charge < -0.3 is 20.9 Å². The summed E-state index contributed by atoms with van der Waals surface area (Å²) in [5, 5.41) is 11.1. The van der Waals surface area contributed by atoms with E-state index in [0.717, 1.165) is 6.07 Å². The summed E-state index contributed by atoms with van der Waals surface area (Å²) in [4.78, 5) is 26.4. The number of hydrogen-bond acceptors (Lipinski definition) is 5. The molecule has 0 aliphatic heterocycles. The minimum absolute atomic E-state index is 0. The first-order chi connectivity index (χ1) is 13.6. The average molecular weight is 444 g/mol. The number of carbonyl (C=O) groups is 2. The highest BCUT2D eigenvalue weighted by atomic mass is 35.5. The zero-order valence-corrected chi connectivity index (χ0v) is 16.1. The van der Waals surface area contributed by atoms with E-state index >= 15 is 0 Å². The number of aromatic nitrogens is 1. The molecule has 1 amide bonds. The quantitative estimate of drug-likeness (QED) is 0.567. The molecule has 0 radical (unpaired) electrons. The van der Waals surface area contributed by atoms with Crippen molar-refractivity contribution in [2.45, 2.75) is 25.2 Å². The summed E-state index contributed by atoms with van der Waals surface area (Å²) < 4.78 is 44.3. The second-order valence-corrected chi connectivity index (χ2v) is 5.82. The Kier molecular flexibility index (Phi) is 8.64. The van der Waals surface area contributed by atoms with Crippen LogP contribution in [0.5, 0.6) is 11.6 Å².